The van der Waals surface area contributed by atoms with E-state index < -0.39 is 23.7 Å². The Morgan fingerprint density at radius 2 is 1.77 bits per heavy atom. The van der Waals surface area contributed by atoms with Gasteiger partial charge in [-0.3, -0.25) is 4.79 Å². The Morgan fingerprint density at radius 1 is 1.15 bits per heavy atom. The molecule has 26 heavy (non-hydrogen) atoms. The zero-order valence-electron chi connectivity index (χ0n) is 16.4. The molecule has 0 radical (unpaired) electrons. The van der Waals surface area contributed by atoms with Crippen LogP contribution in [0.5, 0.6) is 0 Å². The van der Waals surface area contributed by atoms with Crippen molar-refractivity contribution >= 4 is 11.9 Å². The third kappa shape index (κ3) is 8.45. The molecule has 0 aromatic heterocycles. The first-order chi connectivity index (χ1) is 12.1. The maximum Gasteiger partial charge on any atom is 0.328 e. The molecule has 1 aromatic rings. The van der Waals surface area contributed by atoms with Gasteiger partial charge in [0.15, 0.2) is 0 Å². The van der Waals surface area contributed by atoms with Gasteiger partial charge in [-0.05, 0) is 38.2 Å². The Labute approximate surface area is 156 Å². The van der Waals surface area contributed by atoms with E-state index in [0.29, 0.717) is 12.8 Å². The summed E-state index contributed by atoms with van der Waals surface area (Å²) < 4.78 is 4.81. The zero-order chi connectivity index (χ0) is 19.7. The number of ether oxygens (including phenoxy) is 1. The van der Waals surface area contributed by atoms with Gasteiger partial charge in [-0.1, -0.05) is 44.2 Å². The summed E-state index contributed by atoms with van der Waals surface area (Å²) in [6, 6.07) is 8.37. The van der Waals surface area contributed by atoms with Gasteiger partial charge in [0.05, 0.1) is 18.8 Å². The number of benzene rings is 1. The van der Waals surface area contributed by atoms with Crippen LogP contribution < -0.4 is 10.6 Å². The highest BCUT2D eigenvalue weighted by molar-refractivity contribution is 5.87. The fourth-order valence-corrected chi connectivity index (χ4v) is 2.58. The summed E-state index contributed by atoms with van der Waals surface area (Å²) in [5, 5.41) is 15.9. The minimum atomic E-state index is -0.950. The summed E-state index contributed by atoms with van der Waals surface area (Å²) in [6.07, 6.45) is 0.959. The molecule has 0 saturated heterocycles. The van der Waals surface area contributed by atoms with Crippen LogP contribution in [0, 0.1) is 5.92 Å². The largest absolute Gasteiger partial charge is 0.467 e. The highest BCUT2D eigenvalue weighted by Gasteiger charge is 2.28. The number of carbonyl (C=O) groups excluding carboxylic acids is 2. The molecule has 2 atom stereocenters. The molecule has 0 saturated carbocycles. The van der Waals surface area contributed by atoms with E-state index in [1.54, 1.807) is 13.8 Å². The smallest absolute Gasteiger partial charge is 0.328 e. The van der Waals surface area contributed by atoms with Crippen molar-refractivity contribution < 1.29 is 19.4 Å². The fourth-order valence-electron chi connectivity index (χ4n) is 2.58. The Hall–Kier alpha value is -1.92. The number of carbonyl (C=O) groups is 2. The minimum absolute atomic E-state index is 0.233. The summed E-state index contributed by atoms with van der Waals surface area (Å²) >= 11 is 0. The van der Waals surface area contributed by atoms with Crippen LogP contribution in [-0.2, 0) is 20.7 Å². The van der Waals surface area contributed by atoms with Gasteiger partial charge in [0.1, 0.15) is 6.04 Å². The first kappa shape index (κ1) is 22.1. The summed E-state index contributed by atoms with van der Waals surface area (Å²) in [5.41, 5.74) is 0.0453. The predicted molar refractivity (Wildman–Crippen MR) is 102 cm³/mol. The quantitative estimate of drug-likeness (QED) is 0.550. The van der Waals surface area contributed by atoms with Crippen LogP contribution in [0.15, 0.2) is 30.3 Å². The highest BCUT2D eigenvalue weighted by Crippen LogP contribution is 2.09. The molecule has 0 heterocycles. The molecular formula is C20H32N2O4. The molecular weight excluding hydrogens is 332 g/mol. The highest BCUT2D eigenvalue weighted by atomic mass is 16.5. The molecule has 0 aliphatic carbocycles. The Kier molecular flexibility index (Phi) is 8.75. The number of esters is 1. The number of hydrogen-bond donors (Lipinski definition) is 3. The van der Waals surface area contributed by atoms with E-state index in [0.717, 1.165) is 5.56 Å². The van der Waals surface area contributed by atoms with E-state index in [9.17, 15) is 14.7 Å². The number of rotatable bonds is 10. The third-order valence-electron chi connectivity index (χ3n) is 3.89. The monoisotopic (exact) mass is 364 g/mol. The van der Waals surface area contributed by atoms with Gasteiger partial charge in [-0.25, -0.2) is 4.79 Å². The van der Waals surface area contributed by atoms with Crippen molar-refractivity contribution in [1.29, 1.82) is 0 Å². The van der Waals surface area contributed by atoms with Gasteiger partial charge < -0.3 is 20.5 Å². The van der Waals surface area contributed by atoms with E-state index in [2.05, 4.69) is 10.6 Å². The van der Waals surface area contributed by atoms with Crippen LogP contribution in [0.25, 0.3) is 0 Å². The second-order valence-electron chi connectivity index (χ2n) is 7.65. The van der Waals surface area contributed by atoms with Crippen LogP contribution in [0.3, 0.4) is 0 Å². The van der Waals surface area contributed by atoms with E-state index in [1.807, 2.05) is 44.2 Å². The lowest BCUT2D eigenvalue weighted by molar-refractivity contribution is -0.145. The summed E-state index contributed by atoms with van der Waals surface area (Å²) in [5.74, 6) is -0.501. The SMILES string of the molecule is COC(=O)[C@H](CC(C)C)NC(=O)[C@H](Cc1ccccc1)NCC(C)(C)O. The van der Waals surface area contributed by atoms with Crippen molar-refractivity contribution in [2.45, 2.75) is 58.2 Å². The molecule has 1 aromatic carbocycles. The lowest BCUT2D eigenvalue weighted by atomic mass is 10.0. The number of nitrogens with one attached hydrogen (secondary N) is 2. The van der Waals surface area contributed by atoms with Crippen LogP contribution in [0.4, 0.5) is 0 Å². The Bertz CT molecular complexity index is 567. The molecule has 0 spiro atoms. The first-order valence-electron chi connectivity index (χ1n) is 9.00. The van der Waals surface area contributed by atoms with Crippen molar-refractivity contribution in [2.75, 3.05) is 13.7 Å². The maximum absolute atomic E-state index is 12.8. The molecule has 1 amide bonds. The number of aliphatic hydroxyl groups is 1. The summed E-state index contributed by atoms with van der Waals surface area (Å²) in [4.78, 5) is 24.8. The van der Waals surface area contributed by atoms with Crippen molar-refractivity contribution in [1.82, 2.24) is 10.6 Å². The molecule has 6 heteroatoms. The normalized spacial score (nSPS) is 14.0. The molecule has 0 bridgehead atoms. The van der Waals surface area contributed by atoms with E-state index in [1.165, 1.54) is 7.11 Å². The molecule has 0 fully saturated rings. The number of hydrogen-bond acceptors (Lipinski definition) is 5. The van der Waals surface area contributed by atoms with Gasteiger partial charge in [0.25, 0.3) is 0 Å². The standard InChI is InChI=1S/C20H32N2O4/c1-14(2)11-17(19(24)26-5)22-18(23)16(21-13-20(3,4)25)12-15-9-7-6-8-10-15/h6-10,14,16-17,21,25H,11-13H2,1-5H3,(H,22,23)/t16-,17-/m0/s1. The second kappa shape index (κ2) is 10.3. The van der Waals surface area contributed by atoms with E-state index in [-0.39, 0.29) is 18.4 Å². The lowest BCUT2D eigenvalue weighted by Crippen LogP contribution is -2.53. The van der Waals surface area contributed by atoms with Crippen molar-refractivity contribution in [3.8, 4) is 0 Å². The maximum atomic E-state index is 12.8. The molecule has 0 aliphatic rings. The molecule has 6 nitrogen and oxygen atoms in total. The third-order valence-corrected chi connectivity index (χ3v) is 3.89. The second-order valence-corrected chi connectivity index (χ2v) is 7.65. The van der Waals surface area contributed by atoms with Crippen LogP contribution >= 0.6 is 0 Å². The first-order valence-corrected chi connectivity index (χ1v) is 9.00. The summed E-state index contributed by atoms with van der Waals surface area (Å²) in [7, 11) is 1.32. The predicted octanol–water partition coefficient (Wildman–Crippen LogP) is 1.66. The van der Waals surface area contributed by atoms with E-state index in [4.69, 9.17) is 4.74 Å². The van der Waals surface area contributed by atoms with Gasteiger partial charge in [0, 0.05) is 6.54 Å². The average molecular weight is 364 g/mol. The van der Waals surface area contributed by atoms with Gasteiger partial charge in [-0.15, -0.1) is 0 Å². The Balaban J connectivity index is 2.88. The molecule has 0 unspecified atom stereocenters. The van der Waals surface area contributed by atoms with Crippen molar-refractivity contribution in [3.63, 3.8) is 0 Å². The molecule has 146 valence electrons. The van der Waals surface area contributed by atoms with Gasteiger partial charge in [0.2, 0.25) is 5.91 Å². The molecule has 3 N–H and O–H groups in total. The van der Waals surface area contributed by atoms with Crippen molar-refractivity contribution in [2.24, 2.45) is 5.92 Å². The molecule has 1 rings (SSSR count). The van der Waals surface area contributed by atoms with Crippen molar-refractivity contribution in [3.05, 3.63) is 35.9 Å². The topological polar surface area (TPSA) is 87.7 Å². The average Bonchev–Trinajstić information content (AvgIpc) is 2.56. The van der Waals surface area contributed by atoms with Crippen LogP contribution in [-0.4, -0.2) is 48.3 Å². The lowest BCUT2D eigenvalue weighted by Gasteiger charge is -2.26. The number of methoxy groups -OCH3 is 1. The van der Waals surface area contributed by atoms with Gasteiger partial charge in [-0.2, -0.15) is 0 Å². The zero-order valence-corrected chi connectivity index (χ0v) is 16.4. The van der Waals surface area contributed by atoms with Gasteiger partial charge >= 0.3 is 5.97 Å². The Morgan fingerprint density at radius 3 is 2.27 bits per heavy atom. The minimum Gasteiger partial charge on any atom is -0.467 e. The van der Waals surface area contributed by atoms with Crippen LogP contribution in [0.2, 0.25) is 0 Å². The fraction of sp³-hybridized carbons (Fsp3) is 0.600. The molecule has 0 aliphatic heterocycles. The van der Waals surface area contributed by atoms with E-state index >= 15 is 0 Å². The van der Waals surface area contributed by atoms with Crippen LogP contribution in [0.1, 0.15) is 39.7 Å². The number of amides is 1. The summed E-state index contributed by atoms with van der Waals surface area (Å²) in [6.45, 7) is 7.57.